The standard InChI is InChI=1S/C22H24N2O4/c1-3-4-10-26-22-13-16-18(14-21(22)25-2)23-8-7-19(16)28-15-5-6-17-20(12-15)27-11-9-24-17/h5-8,12-14,24H,3-4,9-11H2,1-2H3. The largest absolute Gasteiger partial charge is 0.493 e. The van der Waals surface area contributed by atoms with Gasteiger partial charge < -0.3 is 24.3 Å². The molecular formula is C22H24N2O4. The highest BCUT2D eigenvalue weighted by atomic mass is 16.5. The first-order valence-electron chi connectivity index (χ1n) is 9.56. The number of nitrogens with one attached hydrogen (secondary N) is 1. The van der Waals surface area contributed by atoms with Crippen molar-refractivity contribution in [2.75, 3.05) is 32.2 Å². The third kappa shape index (κ3) is 3.76. The summed E-state index contributed by atoms with van der Waals surface area (Å²) < 4.78 is 23.3. The van der Waals surface area contributed by atoms with Gasteiger partial charge in [0, 0.05) is 30.3 Å². The van der Waals surface area contributed by atoms with Crippen molar-refractivity contribution in [2.24, 2.45) is 0 Å². The van der Waals surface area contributed by atoms with Gasteiger partial charge >= 0.3 is 0 Å². The van der Waals surface area contributed by atoms with E-state index in [-0.39, 0.29) is 0 Å². The molecule has 2 heterocycles. The van der Waals surface area contributed by atoms with Crippen LogP contribution in [0.1, 0.15) is 19.8 Å². The van der Waals surface area contributed by atoms with Crippen molar-refractivity contribution >= 4 is 16.6 Å². The second-order valence-corrected chi connectivity index (χ2v) is 6.57. The lowest BCUT2D eigenvalue weighted by molar-refractivity contribution is 0.289. The summed E-state index contributed by atoms with van der Waals surface area (Å²) in [5.41, 5.74) is 1.77. The Morgan fingerprint density at radius 2 is 2.04 bits per heavy atom. The number of hydrogen-bond donors (Lipinski definition) is 1. The van der Waals surface area contributed by atoms with Gasteiger partial charge in [-0.15, -0.1) is 0 Å². The quantitative estimate of drug-likeness (QED) is 0.581. The molecule has 1 aliphatic rings. The molecule has 2 aromatic carbocycles. The molecule has 6 heteroatoms. The summed E-state index contributed by atoms with van der Waals surface area (Å²) in [5.74, 6) is 3.57. The highest BCUT2D eigenvalue weighted by Crippen LogP contribution is 2.39. The van der Waals surface area contributed by atoms with Crippen LogP contribution >= 0.6 is 0 Å². The van der Waals surface area contributed by atoms with E-state index in [0.717, 1.165) is 41.7 Å². The molecule has 0 spiro atoms. The van der Waals surface area contributed by atoms with Gasteiger partial charge in [-0.25, -0.2) is 0 Å². The van der Waals surface area contributed by atoms with E-state index in [1.54, 1.807) is 13.3 Å². The molecule has 0 saturated carbocycles. The fourth-order valence-electron chi connectivity index (χ4n) is 3.12. The summed E-state index contributed by atoms with van der Waals surface area (Å²) in [6.07, 6.45) is 3.78. The monoisotopic (exact) mass is 380 g/mol. The number of aromatic nitrogens is 1. The average molecular weight is 380 g/mol. The summed E-state index contributed by atoms with van der Waals surface area (Å²) >= 11 is 0. The van der Waals surface area contributed by atoms with Crippen LogP contribution in [-0.4, -0.2) is 31.9 Å². The van der Waals surface area contributed by atoms with E-state index < -0.39 is 0 Å². The number of pyridine rings is 1. The molecule has 0 saturated heterocycles. The van der Waals surface area contributed by atoms with E-state index in [4.69, 9.17) is 18.9 Å². The van der Waals surface area contributed by atoms with Gasteiger partial charge in [0.2, 0.25) is 0 Å². The van der Waals surface area contributed by atoms with E-state index in [0.29, 0.717) is 36.2 Å². The number of unbranched alkanes of at least 4 members (excludes halogenated alkanes) is 1. The Kier molecular flexibility index (Phi) is 5.37. The lowest BCUT2D eigenvalue weighted by Crippen LogP contribution is -2.17. The normalized spacial score (nSPS) is 12.6. The Labute approximate surface area is 164 Å². The van der Waals surface area contributed by atoms with Crippen molar-refractivity contribution < 1.29 is 18.9 Å². The predicted molar refractivity (Wildman–Crippen MR) is 109 cm³/mol. The number of methoxy groups -OCH3 is 1. The van der Waals surface area contributed by atoms with Gasteiger partial charge in [0.25, 0.3) is 0 Å². The van der Waals surface area contributed by atoms with Gasteiger partial charge in [-0.1, -0.05) is 13.3 Å². The number of fused-ring (bicyclic) bond motifs is 2. The molecular weight excluding hydrogens is 356 g/mol. The van der Waals surface area contributed by atoms with E-state index in [9.17, 15) is 0 Å². The van der Waals surface area contributed by atoms with Gasteiger partial charge in [0.1, 0.15) is 23.9 Å². The number of ether oxygens (including phenoxy) is 4. The Hall–Kier alpha value is -3.15. The minimum Gasteiger partial charge on any atom is -0.493 e. The molecule has 0 fully saturated rings. The molecule has 1 N–H and O–H groups in total. The maximum absolute atomic E-state index is 6.17. The summed E-state index contributed by atoms with van der Waals surface area (Å²) in [6.45, 7) is 4.23. The van der Waals surface area contributed by atoms with Crippen LogP contribution in [-0.2, 0) is 0 Å². The van der Waals surface area contributed by atoms with Crippen LogP contribution in [0.5, 0.6) is 28.7 Å². The fraction of sp³-hybridized carbons (Fsp3) is 0.318. The van der Waals surface area contributed by atoms with Crippen molar-refractivity contribution in [1.29, 1.82) is 0 Å². The molecule has 0 amide bonds. The first-order valence-corrected chi connectivity index (χ1v) is 9.56. The predicted octanol–water partition coefficient (Wildman–Crippen LogP) is 5.02. The average Bonchev–Trinajstić information content (AvgIpc) is 2.73. The van der Waals surface area contributed by atoms with Crippen LogP contribution in [0.3, 0.4) is 0 Å². The second kappa shape index (κ2) is 8.25. The summed E-state index contributed by atoms with van der Waals surface area (Å²) in [7, 11) is 1.63. The lowest BCUT2D eigenvalue weighted by atomic mass is 10.1. The molecule has 0 atom stereocenters. The summed E-state index contributed by atoms with van der Waals surface area (Å²) in [6, 6.07) is 11.5. The van der Waals surface area contributed by atoms with Crippen LogP contribution in [0, 0.1) is 0 Å². The Morgan fingerprint density at radius 1 is 1.11 bits per heavy atom. The van der Waals surface area contributed by atoms with Gasteiger partial charge in [-0.05, 0) is 30.7 Å². The topological polar surface area (TPSA) is 61.8 Å². The van der Waals surface area contributed by atoms with E-state index >= 15 is 0 Å². The SMILES string of the molecule is CCCCOc1cc2c(Oc3ccc4c(c3)OCCN4)ccnc2cc1OC. The van der Waals surface area contributed by atoms with Gasteiger partial charge in [-0.2, -0.15) is 0 Å². The van der Waals surface area contributed by atoms with Gasteiger partial charge in [-0.3, -0.25) is 4.98 Å². The number of rotatable bonds is 7. The Balaban J connectivity index is 1.67. The van der Waals surface area contributed by atoms with Crippen LogP contribution < -0.4 is 24.3 Å². The minimum absolute atomic E-state index is 0.643. The van der Waals surface area contributed by atoms with E-state index in [1.807, 2.05) is 36.4 Å². The molecule has 0 bridgehead atoms. The molecule has 0 aliphatic carbocycles. The first kappa shape index (κ1) is 18.2. The fourth-order valence-corrected chi connectivity index (χ4v) is 3.12. The zero-order valence-electron chi connectivity index (χ0n) is 16.2. The van der Waals surface area contributed by atoms with E-state index in [1.165, 1.54) is 0 Å². The molecule has 4 rings (SSSR count). The number of nitrogens with zero attached hydrogens (tertiary/aromatic N) is 1. The molecule has 6 nitrogen and oxygen atoms in total. The molecule has 1 aromatic heterocycles. The molecule has 0 unspecified atom stereocenters. The zero-order chi connectivity index (χ0) is 19.3. The van der Waals surface area contributed by atoms with Crippen LogP contribution in [0.4, 0.5) is 5.69 Å². The third-order valence-electron chi connectivity index (χ3n) is 4.60. The van der Waals surface area contributed by atoms with Crippen molar-refractivity contribution in [2.45, 2.75) is 19.8 Å². The van der Waals surface area contributed by atoms with Crippen molar-refractivity contribution in [1.82, 2.24) is 4.98 Å². The second-order valence-electron chi connectivity index (χ2n) is 6.57. The summed E-state index contributed by atoms with van der Waals surface area (Å²) in [5, 5.41) is 4.17. The Morgan fingerprint density at radius 3 is 2.89 bits per heavy atom. The maximum Gasteiger partial charge on any atom is 0.162 e. The van der Waals surface area contributed by atoms with Crippen LogP contribution in [0.2, 0.25) is 0 Å². The highest BCUT2D eigenvalue weighted by molar-refractivity contribution is 5.88. The van der Waals surface area contributed by atoms with Gasteiger partial charge in [0.05, 0.1) is 24.9 Å². The Bertz CT molecular complexity index is 974. The van der Waals surface area contributed by atoms with Crippen LogP contribution in [0.15, 0.2) is 42.6 Å². The van der Waals surface area contributed by atoms with Crippen molar-refractivity contribution in [3.63, 3.8) is 0 Å². The number of anilines is 1. The van der Waals surface area contributed by atoms with Crippen LogP contribution in [0.25, 0.3) is 10.9 Å². The smallest absolute Gasteiger partial charge is 0.162 e. The minimum atomic E-state index is 0.643. The molecule has 0 radical (unpaired) electrons. The molecule has 146 valence electrons. The number of hydrogen-bond acceptors (Lipinski definition) is 6. The third-order valence-corrected chi connectivity index (χ3v) is 4.60. The van der Waals surface area contributed by atoms with Crippen molar-refractivity contribution in [3.05, 3.63) is 42.6 Å². The lowest BCUT2D eigenvalue weighted by Gasteiger charge is -2.20. The zero-order valence-corrected chi connectivity index (χ0v) is 16.2. The first-order chi connectivity index (χ1) is 13.8. The van der Waals surface area contributed by atoms with Crippen molar-refractivity contribution in [3.8, 4) is 28.7 Å². The van der Waals surface area contributed by atoms with E-state index in [2.05, 4.69) is 17.2 Å². The summed E-state index contributed by atoms with van der Waals surface area (Å²) in [4.78, 5) is 4.45. The number of benzene rings is 2. The molecule has 3 aromatic rings. The molecule has 1 aliphatic heterocycles. The highest BCUT2D eigenvalue weighted by Gasteiger charge is 2.14. The maximum atomic E-state index is 6.17. The molecule has 28 heavy (non-hydrogen) atoms. The van der Waals surface area contributed by atoms with Gasteiger partial charge in [0.15, 0.2) is 11.5 Å².